The zero-order valence-corrected chi connectivity index (χ0v) is 9.76. The fraction of sp³-hybridized carbons (Fsp3) is 0. The molecule has 0 aliphatic carbocycles. The number of hydrogen-bond acceptors (Lipinski definition) is 2. The van der Waals surface area contributed by atoms with E-state index in [1.165, 1.54) is 34.9 Å². The maximum atomic E-state index is 12.9. The summed E-state index contributed by atoms with van der Waals surface area (Å²) in [5.41, 5.74) is 1.19. The van der Waals surface area contributed by atoms with Crippen LogP contribution in [0.5, 0.6) is 0 Å². The van der Waals surface area contributed by atoms with E-state index in [-0.39, 0.29) is 11.4 Å². The Labute approximate surface area is 107 Å². The van der Waals surface area contributed by atoms with Crippen LogP contribution in [0.1, 0.15) is 10.5 Å². The van der Waals surface area contributed by atoms with E-state index in [4.69, 9.17) is 0 Å². The molecule has 0 fully saturated rings. The second-order valence-corrected chi connectivity index (χ2v) is 4.13. The van der Waals surface area contributed by atoms with Crippen LogP contribution in [-0.2, 0) is 0 Å². The molecule has 0 radical (unpaired) electrons. The van der Waals surface area contributed by atoms with Gasteiger partial charge in [0.15, 0.2) is 6.29 Å². The third-order valence-corrected chi connectivity index (χ3v) is 2.91. The highest BCUT2D eigenvalue weighted by Gasteiger charge is 2.08. The van der Waals surface area contributed by atoms with Crippen molar-refractivity contribution in [1.82, 2.24) is 9.55 Å². The van der Waals surface area contributed by atoms with Gasteiger partial charge in [0.1, 0.15) is 11.5 Å². The molecule has 0 saturated heterocycles. The Hall–Kier alpha value is -2.69. The molecule has 0 aliphatic heterocycles. The Kier molecular flexibility index (Phi) is 2.52. The van der Waals surface area contributed by atoms with Gasteiger partial charge in [-0.2, -0.15) is 0 Å². The van der Waals surface area contributed by atoms with Crippen LogP contribution in [0.25, 0.3) is 16.7 Å². The van der Waals surface area contributed by atoms with Crippen LogP contribution in [-0.4, -0.2) is 15.8 Å². The maximum Gasteiger partial charge on any atom is 0.256 e. The summed E-state index contributed by atoms with van der Waals surface area (Å²) in [5, 5.41) is 0.742. The van der Waals surface area contributed by atoms with Crippen molar-refractivity contribution < 1.29 is 9.18 Å². The van der Waals surface area contributed by atoms with Crippen LogP contribution >= 0.6 is 0 Å². The monoisotopic (exact) mass is 256 g/mol. The second-order valence-electron chi connectivity index (χ2n) is 4.13. The van der Waals surface area contributed by atoms with Crippen LogP contribution in [0.15, 0.2) is 47.3 Å². The summed E-state index contributed by atoms with van der Waals surface area (Å²) < 4.78 is 14.3. The predicted molar refractivity (Wildman–Crippen MR) is 69.2 cm³/mol. The molecule has 1 aromatic carbocycles. The minimum absolute atomic E-state index is 0.251. The van der Waals surface area contributed by atoms with Gasteiger partial charge >= 0.3 is 0 Å². The molecule has 0 atom stereocenters. The first-order valence-electron chi connectivity index (χ1n) is 5.65. The minimum atomic E-state index is -0.371. The normalized spacial score (nSPS) is 10.8. The molecule has 2 aromatic heterocycles. The van der Waals surface area contributed by atoms with Gasteiger partial charge in [0.05, 0.1) is 11.4 Å². The fourth-order valence-corrected chi connectivity index (χ4v) is 2.05. The number of carbonyl (C=O) groups excluding carboxylic acids is 1. The fourth-order valence-electron chi connectivity index (χ4n) is 2.05. The van der Waals surface area contributed by atoms with Crippen molar-refractivity contribution in [1.29, 1.82) is 0 Å². The average Bonchev–Trinajstić information content (AvgIpc) is 2.83. The molecule has 0 aliphatic rings. The lowest BCUT2D eigenvalue weighted by molar-refractivity contribution is 0.111. The van der Waals surface area contributed by atoms with E-state index in [9.17, 15) is 14.0 Å². The number of aromatic amines is 1. The van der Waals surface area contributed by atoms with Gasteiger partial charge in [0.2, 0.25) is 0 Å². The number of rotatable bonds is 2. The number of aldehydes is 1. The molecule has 0 unspecified atom stereocenters. The molecule has 94 valence electrons. The Morgan fingerprint density at radius 2 is 1.84 bits per heavy atom. The van der Waals surface area contributed by atoms with Gasteiger partial charge in [-0.15, -0.1) is 0 Å². The zero-order chi connectivity index (χ0) is 13.4. The number of nitrogens with one attached hydrogen (secondary N) is 1. The Morgan fingerprint density at radius 3 is 2.53 bits per heavy atom. The number of H-pyrrole nitrogens is 1. The molecule has 0 saturated carbocycles. The maximum absolute atomic E-state index is 12.9. The smallest absolute Gasteiger partial charge is 0.256 e. The number of aromatic nitrogens is 2. The van der Waals surface area contributed by atoms with Crippen molar-refractivity contribution in [3.63, 3.8) is 0 Å². The molecule has 0 bridgehead atoms. The summed E-state index contributed by atoms with van der Waals surface area (Å²) >= 11 is 0. The zero-order valence-electron chi connectivity index (χ0n) is 9.76. The number of hydrogen-bond donors (Lipinski definition) is 1. The molecule has 0 amide bonds. The molecular formula is C14H9FN2O2. The topological polar surface area (TPSA) is 54.9 Å². The van der Waals surface area contributed by atoms with Crippen molar-refractivity contribution >= 4 is 17.3 Å². The van der Waals surface area contributed by atoms with Gasteiger partial charge in [-0.3, -0.25) is 14.2 Å². The van der Waals surface area contributed by atoms with E-state index < -0.39 is 0 Å². The van der Waals surface area contributed by atoms with Crippen LogP contribution in [0.3, 0.4) is 0 Å². The van der Waals surface area contributed by atoms with Crippen molar-refractivity contribution in [3.8, 4) is 5.69 Å². The van der Waals surface area contributed by atoms with Crippen molar-refractivity contribution in [2.75, 3.05) is 0 Å². The van der Waals surface area contributed by atoms with E-state index >= 15 is 0 Å². The van der Waals surface area contributed by atoms with Gasteiger partial charge in [-0.05, 0) is 36.4 Å². The lowest BCUT2D eigenvalue weighted by Crippen LogP contribution is -2.17. The Bertz CT molecular complexity index is 816. The SMILES string of the molecule is O=Cc1cc2ccc(=O)n(-c3ccc(F)cc3)c2[nH]1. The Morgan fingerprint density at radius 1 is 1.11 bits per heavy atom. The first-order chi connectivity index (χ1) is 9.19. The summed E-state index contributed by atoms with van der Waals surface area (Å²) in [4.78, 5) is 25.6. The van der Waals surface area contributed by atoms with E-state index in [1.54, 1.807) is 12.1 Å². The van der Waals surface area contributed by atoms with Crippen LogP contribution in [0, 0.1) is 5.82 Å². The third kappa shape index (κ3) is 1.85. The van der Waals surface area contributed by atoms with E-state index in [1.807, 2.05) is 0 Å². The molecule has 4 nitrogen and oxygen atoms in total. The summed E-state index contributed by atoms with van der Waals surface area (Å²) in [7, 11) is 0. The van der Waals surface area contributed by atoms with Gasteiger partial charge < -0.3 is 4.98 Å². The number of fused-ring (bicyclic) bond motifs is 1. The highest BCUT2D eigenvalue weighted by molar-refractivity contribution is 5.86. The van der Waals surface area contributed by atoms with Crippen LogP contribution < -0.4 is 5.56 Å². The van der Waals surface area contributed by atoms with Crippen molar-refractivity contribution in [2.24, 2.45) is 0 Å². The van der Waals surface area contributed by atoms with Crippen molar-refractivity contribution in [2.45, 2.75) is 0 Å². The molecule has 3 rings (SSSR count). The highest BCUT2D eigenvalue weighted by Crippen LogP contribution is 2.16. The highest BCUT2D eigenvalue weighted by atomic mass is 19.1. The third-order valence-electron chi connectivity index (χ3n) is 2.91. The van der Waals surface area contributed by atoms with Gasteiger partial charge in [-0.25, -0.2) is 4.39 Å². The molecule has 2 heterocycles. The van der Waals surface area contributed by atoms with Crippen molar-refractivity contribution in [3.05, 3.63) is 64.3 Å². The quantitative estimate of drug-likeness (QED) is 0.715. The second kappa shape index (κ2) is 4.20. The predicted octanol–water partition coefficient (Wildman–Crippen LogP) is 2.27. The minimum Gasteiger partial charge on any atom is -0.338 e. The lowest BCUT2D eigenvalue weighted by atomic mass is 10.2. The van der Waals surface area contributed by atoms with Crippen LogP contribution in [0.4, 0.5) is 4.39 Å². The molecule has 19 heavy (non-hydrogen) atoms. The summed E-state index contributed by atoms with van der Waals surface area (Å²) in [5.74, 6) is -0.371. The van der Waals surface area contributed by atoms with E-state index in [0.29, 0.717) is 23.3 Å². The lowest BCUT2D eigenvalue weighted by Gasteiger charge is -2.06. The largest absolute Gasteiger partial charge is 0.338 e. The molecular weight excluding hydrogens is 247 g/mol. The number of halogens is 1. The number of carbonyl (C=O) groups is 1. The summed E-state index contributed by atoms with van der Waals surface area (Å²) in [6.45, 7) is 0. The first kappa shape index (κ1) is 11.4. The Balaban J connectivity index is 2.35. The van der Waals surface area contributed by atoms with Gasteiger partial charge in [-0.1, -0.05) is 0 Å². The number of benzene rings is 1. The molecule has 0 spiro atoms. The van der Waals surface area contributed by atoms with Gasteiger partial charge in [0.25, 0.3) is 5.56 Å². The molecule has 1 N–H and O–H groups in total. The first-order valence-corrected chi connectivity index (χ1v) is 5.65. The standard InChI is InChI=1S/C14H9FN2O2/c15-10-2-4-12(5-3-10)17-13(19)6-1-9-7-11(8-18)16-14(9)17/h1-8,16H. The molecule has 3 aromatic rings. The number of nitrogens with zero attached hydrogens (tertiary/aromatic N) is 1. The number of pyridine rings is 1. The van der Waals surface area contributed by atoms with Gasteiger partial charge in [0, 0.05) is 11.5 Å². The average molecular weight is 256 g/mol. The van der Waals surface area contributed by atoms with E-state index in [2.05, 4.69) is 4.98 Å². The summed E-state index contributed by atoms with van der Waals surface area (Å²) in [6.07, 6.45) is 0.680. The van der Waals surface area contributed by atoms with E-state index in [0.717, 1.165) is 5.39 Å². The summed E-state index contributed by atoms with van der Waals surface area (Å²) in [6, 6.07) is 10.3. The van der Waals surface area contributed by atoms with Crippen LogP contribution in [0.2, 0.25) is 0 Å². The molecule has 5 heteroatoms.